The van der Waals surface area contributed by atoms with E-state index in [1.807, 2.05) is 6.07 Å². The van der Waals surface area contributed by atoms with Gasteiger partial charge in [-0.25, -0.2) is 18.7 Å². The van der Waals surface area contributed by atoms with E-state index < -0.39 is 17.1 Å². The van der Waals surface area contributed by atoms with Gasteiger partial charge in [-0.15, -0.1) is 0 Å². The molecule has 34 heavy (non-hydrogen) atoms. The van der Waals surface area contributed by atoms with E-state index in [4.69, 9.17) is 0 Å². The minimum absolute atomic E-state index is 0.0577. The van der Waals surface area contributed by atoms with Crippen molar-refractivity contribution in [3.8, 4) is 5.69 Å². The number of pyridine rings is 1. The van der Waals surface area contributed by atoms with E-state index in [1.54, 1.807) is 54.3 Å². The van der Waals surface area contributed by atoms with Crippen LogP contribution in [-0.2, 0) is 6.54 Å². The van der Waals surface area contributed by atoms with Crippen molar-refractivity contribution in [2.45, 2.75) is 26.3 Å². The summed E-state index contributed by atoms with van der Waals surface area (Å²) in [5, 5.41) is 0.0577. The van der Waals surface area contributed by atoms with Crippen LogP contribution in [0.5, 0.6) is 0 Å². The Balaban J connectivity index is 1.86. The summed E-state index contributed by atoms with van der Waals surface area (Å²) in [4.78, 5) is 47.0. The molecule has 0 aliphatic carbocycles. The average Bonchev–Trinajstić information content (AvgIpc) is 3.37. The van der Waals surface area contributed by atoms with Gasteiger partial charge in [0.15, 0.2) is 5.65 Å². The number of carbonyl (C=O) groups excluding carboxylic acids is 1. The van der Waals surface area contributed by atoms with Crippen LogP contribution in [-0.4, -0.2) is 38.0 Å². The Labute approximate surface area is 194 Å². The largest absolute Gasteiger partial charge is 0.339 e. The maximum absolute atomic E-state index is 14.4. The number of likely N-dealkylation sites (tertiary alicyclic amines) is 1. The van der Waals surface area contributed by atoms with Crippen LogP contribution >= 0.6 is 0 Å². The average molecular weight is 458 g/mol. The van der Waals surface area contributed by atoms with Crippen LogP contribution in [0.15, 0.2) is 70.3 Å². The van der Waals surface area contributed by atoms with Gasteiger partial charge in [-0.2, -0.15) is 0 Å². The predicted molar refractivity (Wildman–Crippen MR) is 127 cm³/mol. The number of carbonyl (C=O) groups is 1. The number of aryl methyl sites for hydroxylation is 1. The van der Waals surface area contributed by atoms with E-state index in [9.17, 15) is 18.8 Å². The Hall–Kier alpha value is -4.07. The number of benzene rings is 2. The SMILES string of the molecule is Cc1cc(C(=O)N2CCCC2)c2c(=O)n(Cc3ccccc3F)c(=O)n(-c3ccccc3)c2n1. The van der Waals surface area contributed by atoms with Crippen LogP contribution in [0.1, 0.15) is 34.5 Å². The lowest BCUT2D eigenvalue weighted by atomic mass is 10.1. The molecule has 1 amide bonds. The molecule has 2 aromatic heterocycles. The maximum atomic E-state index is 14.4. The molecular weight excluding hydrogens is 435 g/mol. The van der Waals surface area contributed by atoms with Crippen LogP contribution < -0.4 is 11.2 Å². The van der Waals surface area contributed by atoms with Crippen LogP contribution in [0.25, 0.3) is 16.7 Å². The fourth-order valence-electron chi connectivity index (χ4n) is 4.47. The summed E-state index contributed by atoms with van der Waals surface area (Å²) in [6, 6.07) is 16.4. The molecule has 8 heteroatoms. The molecule has 2 aromatic carbocycles. The summed E-state index contributed by atoms with van der Waals surface area (Å²) in [6.07, 6.45) is 1.81. The van der Waals surface area contributed by atoms with Gasteiger partial charge in [0.05, 0.1) is 23.2 Å². The first kappa shape index (κ1) is 21.8. The summed E-state index contributed by atoms with van der Waals surface area (Å²) >= 11 is 0. The van der Waals surface area contributed by atoms with Crippen LogP contribution in [0.2, 0.25) is 0 Å². The summed E-state index contributed by atoms with van der Waals surface area (Å²) in [6.45, 7) is 2.69. The molecule has 0 saturated carbocycles. The van der Waals surface area contributed by atoms with Crippen molar-refractivity contribution >= 4 is 16.9 Å². The van der Waals surface area contributed by atoms with Crippen LogP contribution in [0, 0.1) is 12.7 Å². The minimum atomic E-state index is -0.662. The Kier molecular flexibility index (Phi) is 5.57. The fourth-order valence-corrected chi connectivity index (χ4v) is 4.47. The van der Waals surface area contributed by atoms with Gasteiger partial charge in [0, 0.05) is 24.3 Å². The van der Waals surface area contributed by atoms with Gasteiger partial charge < -0.3 is 4.90 Å². The molecule has 0 radical (unpaired) electrons. The first-order chi connectivity index (χ1) is 16.5. The summed E-state index contributed by atoms with van der Waals surface area (Å²) in [5.74, 6) is -0.781. The molecule has 1 aliphatic rings. The lowest BCUT2D eigenvalue weighted by Crippen LogP contribution is -2.41. The second-order valence-corrected chi connectivity index (χ2v) is 8.45. The molecule has 172 valence electrons. The number of amides is 1. The molecule has 1 aliphatic heterocycles. The number of nitrogens with zero attached hydrogens (tertiary/aromatic N) is 4. The molecule has 4 aromatic rings. The Morgan fingerprint density at radius 2 is 1.68 bits per heavy atom. The van der Waals surface area contributed by atoms with Gasteiger partial charge in [0.25, 0.3) is 11.5 Å². The van der Waals surface area contributed by atoms with Crippen molar-refractivity contribution in [2.24, 2.45) is 0 Å². The molecule has 1 fully saturated rings. The molecule has 1 saturated heterocycles. The molecule has 7 nitrogen and oxygen atoms in total. The first-order valence-corrected chi connectivity index (χ1v) is 11.2. The van der Waals surface area contributed by atoms with Gasteiger partial charge in [-0.3, -0.25) is 14.2 Å². The quantitative estimate of drug-likeness (QED) is 0.470. The highest BCUT2D eigenvalue weighted by Gasteiger charge is 2.26. The van der Waals surface area contributed by atoms with Gasteiger partial charge in [-0.1, -0.05) is 36.4 Å². The second kappa shape index (κ2) is 8.70. The van der Waals surface area contributed by atoms with Crippen molar-refractivity contribution in [3.63, 3.8) is 0 Å². The third-order valence-electron chi connectivity index (χ3n) is 6.15. The summed E-state index contributed by atoms with van der Waals surface area (Å²) in [5.41, 5.74) is 0.237. The summed E-state index contributed by atoms with van der Waals surface area (Å²) < 4.78 is 16.7. The third kappa shape index (κ3) is 3.71. The molecule has 0 spiro atoms. The number of hydrogen-bond acceptors (Lipinski definition) is 4. The number of aromatic nitrogens is 3. The molecule has 0 unspecified atom stereocenters. The topological polar surface area (TPSA) is 77.2 Å². The zero-order valence-corrected chi connectivity index (χ0v) is 18.7. The van der Waals surface area contributed by atoms with Crippen molar-refractivity contribution < 1.29 is 9.18 Å². The monoisotopic (exact) mass is 458 g/mol. The molecule has 0 N–H and O–H groups in total. The fraction of sp³-hybridized carbons (Fsp3) is 0.231. The minimum Gasteiger partial charge on any atom is -0.339 e. The van der Waals surface area contributed by atoms with E-state index in [-0.39, 0.29) is 34.6 Å². The lowest BCUT2D eigenvalue weighted by Gasteiger charge is -2.19. The molecule has 0 bridgehead atoms. The van der Waals surface area contributed by atoms with E-state index >= 15 is 0 Å². The zero-order valence-electron chi connectivity index (χ0n) is 18.7. The van der Waals surface area contributed by atoms with Crippen molar-refractivity contribution in [3.05, 3.63) is 104 Å². The Bertz CT molecular complexity index is 1520. The van der Waals surface area contributed by atoms with Crippen molar-refractivity contribution in [1.29, 1.82) is 0 Å². The van der Waals surface area contributed by atoms with Crippen LogP contribution in [0.3, 0.4) is 0 Å². The van der Waals surface area contributed by atoms with E-state index in [0.29, 0.717) is 24.5 Å². The lowest BCUT2D eigenvalue weighted by molar-refractivity contribution is 0.0794. The van der Waals surface area contributed by atoms with Gasteiger partial charge in [0.1, 0.15) is 5.82 Å². The van der Waals surface area contributed by atoms with E-state index in [1.165, 1.54) is 16.7 Å². The highest BCUT2D eigenvalue weighted by atomic mass is 19.1. The molecule has 5 rings (SSSR count). The standard InChI is InChI=1S/C26H23FN4O3/c1-17-15-20(24(32)29-13-7-8-14-29)22-23(28-17)31(19-10-3-2-4-11-19)26(34)30(25(22)33)16-18-9-5-6-12-21(18)27/h2-6,9-12,15H,7-8,13-14,16H2,1H3. The van der Waals surface area contributed by atoms with Crippen LogP contribution in [0.4, 0.5) is 4.39 Å². The molecule has 3 heterocycles. The normalized spacial score (nSPS) is 13.5. The molecular formula is C26H23FN4O3. The highest BCUT2D eigenvalue weighted by molar-refractivity contribution is 6.05. The number of hydrogen-bond donors (Lipinski definition) is 0. The Morgan fingerprint density at radius 1 is 1.00 bits per heavy atom. The zero-order chi connectivity index (χ0) is 23.8. The van der Waals surface area contributed by atoms with Gasteiger partial charge >= 0.3 is 5.69 Å². The van der Waals surface area contributed by atoms with E-state index in [0.717, 1.165) is 17.4 Å². The Morgan fingerprint density at radius 3 is 2.38 bits per heavy atom. The summed E-state index contributed by atoms with van der Waals surface area (Å²) in [7, 11) is 0. The predicted octanol–water partition coefficient (Wildman–Crippen LogP) is 3.28. The van der Waals surface area contributed by atoms with Gasteiger partial charge in [-0.05, 0) is 44.0 Å². The van der Waals surface area contributed by atoms with Crippen molar-refractivity contribution in [1.82, 2.24) is 19.0 Å². The smallest absolute Gasteiger partial charge is 0.337 e. The number of halogens is 1. The molecule has 0 atom stereocenters. The van der Waals surface area contributed by atoms with E-state index in [2.05, 4.69) is 4.98 Å². The number of rotatable bonds is 4. The first-order valence-electron chi connectivity index (χ1n) is 11.2. The second-order valence-electron chi connectivity index (χ2n) is 8.45. The number of para-hydroxylation sites is 1. The third-order valence-corrected chi connectivity index (χ3v) is 6.15. The van der Waals surface area contributed by atoms with Crippen molar-refractivity contribution in [2.75, 3.05) is 13.1 Å². The maximum Gasteiger partial charge on any atom is 0.337 e. The van der Waals surface area contributed by atoms with Gasteiger partial charge in [0.2, 0.25) is 0 Å². The highest BCUT2D eigenvalue weighted by Crippen LogP contribution is 2.21. The number of fused-ring (bicyclic) bond motifs is 1.